The van der Waals surface area contributed by atoms with Crippen LogP contribution in [0.15, 0.2) is 52.3 Å². The Hall–Kier alpha value is -2.90. The molecular weight excluding hydrogens is 394 g/mol. The molecule has 0 spiro atoms. The van der Waals surface area contributed by atoms with Crippen LogP contribution < -0.4 is 5.32 Å². The SMILES string of the molecule is CC(C)c1ccc2oc(Nc3nc4scc(-c5ccc(Cl)cc5)n4n3)nc2c1. The summed E-state index contributed by atoms with van der Waals surface area (Å²) in [5.74, 6) is 0.878. The van der Waals surface area contributed by atoms with E-state index in [1.165, 1.54) is 16.9 Å². The van der Waals surface area contributed by atoms with Crippen LogP contribution in [0.1, 0.15) is 25.3 Å². The summed E-state index contributed by atoms with van der Waals surface area (Å²) in [4.78, 5) is 9.82. The lowest BCUT2D eigenvalue weighted by Gasteiger charge is -2.02. The van der Waals surface area contributed by atoms with Crippen molar-refractivity contribution in [3.8, 4) is 11.3 Å². The fourth-order valence-electron chi connectivity index (χ4n) is 3.01. The van der Waals surface area contributed by atoms with Gasteiger partial charge in [-0.2, -0.15) is 9.97 Å². The van der Waals surface area contributed by atoms with Gasteiger partial charge in [0.05, 0.1) is 5.69 Å². The van der Waals surface area contributed by atoms with Gasteiger partial charge in [-0.05, 0) is 35.7 Å². The Labute approximate surface area is 169 Å². The van der Waals surface area contributed by atoms with Gasteiger partial charge in [0.15, 0.2) is 5.58 Å². The molecule has 2 aromatic carbocycles. The third-order valence-corrected chi connectivity index (χ3v) is 5.59. The first kappa shape index (κ1) is 17.2. The van der Waals surface area contributed by atoms with Crippen LogP contribution in [0.3, 0.4) is 0 Å². The molecule has 0 unspecified atom stereocenters. The van der Waals surface area contributed by atoms with E-state index in [1.807, 2.05) is 41.8 Å². The van der Waals surface area contributed by atoms with E-state index in [2.05, 4.69) is 40.3 Å². The van der Waals surface area contributed by atoms with Crippen LogP contribution in [-0.2, 0) is 0 Å². The molecule has 0 aliphatic heterocycles. The smallest absolute Gasteiger partial charge is 0.302 e. The third kappa shape index (κ3) is 3.02. The molecule has 0 saturated carbocycles. The van der Waals surface area contributed by atoms with Crippen molar-refractivity contribution in [3.05, 3.63) is 58.4 Å². The van der Waals surface area contributed by atoms with Crippen molar-refractivity contribution < 1.29 is 4.42 Å². The molecule has 0 atom stereocenters. The van der Waals surface area contributed by atoms with Gasteiger partial charge in [0.25, 0.3) is 5.95 Å². The summed E-state index contributed by atoms with van der Waals surface area (Å²) < 4.78 is 7.59. The number of oxazole rings is 1. The maximum Gasteiger partial charge on any atom is 0.302 e. The first-order valence-corrected chi connectivity index (χ1v) is 10.1. The molecule has 8 heteroatoms. The molecule has 3 heterocycles. The van der Waals surface area contributed by atoms with Crippen molar-refractivity contribution in [3.63, 3.8) is 0 Å². The molecule has 1 N–H and O–H groups in total. The summed E-state index contributed by atoms with van der Waals surface area (Å²) in [6.45, 7) is 4.31. The maximum absolute atomic E-state index is 5.99. The first-order valence-electron chi connectivity index (χ1n) is 8.84. The van der Waals surface area contributed by atoms with Crippen LogP contribution in [0.25, 0.3) is 27.3 Å². The fraction of sp³-hybridized carbons (Fsp3) is 0.150. The second-order valence-corrected chi connectivity index (χ2v) is 8.06. The molecule has 28 heavy (non-hydrogen) atoms. The van der Waals surface area contributed by atoms with E-state index in [4.69, 9.17) is 16.0 Å². The Kier molecular flexibility index (Phi) is 4.07. The van der Waals surface area contributed by atoms with Gasteiger partial charge in [-0.25, -0.2) is 4.52 Å². The van der Waals surface area contributed by atoms with E-state index in [0.717, 1.165) is 27.3 Å². The van der Waals surface area contributed by atoms with Crippen molar-refractivity contribution in [2.45, 2.75) is 19.8 Å². The summed E-state index contributed by atoms with van der Waals surface area (Å²) in [5.41, 5.74) is 4.75. The number of nitrogens with one attached hydrogen (secondary N) is 1. The molecule has 0 bridgehead atoms. The zero-order valence-electron chi connectivity index (χ0n) is 15.2. The highest BCUT2D eigenvalue weighted by Crippen LogP contribution is 2.28. The van der Waals surface area contributed by atoms with Crippen molar-refractivity contribution >= 4 is 51.0 Å². The lowest BCUT2D eigenvalue weighted by Crippen LogP contribution is -1.94. The summed E-state index contributed by atoms with van der Waals surface area (Å²) in [6.07, 6.45) is 0. The maximum atomic E-state index is 5.99. The molecule has 0 aliphatic rings. The van der Waals surface area contributed by atoms with Gasteiger partial charge >= 0.3 is 6.01 Å². The zero-order valence-corrected chi connectivity index (χ0v) is 16.8. The van der Waals surface area contributed by atoms with Gasteiger partial charge in [0.2, 0.25) is 4.96 Å². The standard InChI is InChI=1S/C20H16ClN5OS/c1-11(2)13-5-8-17-15(9-13)22-19(27-17)23-18-24-20-26(25-18)16(10-28-20)12-3-6-14(21)7-4-12/h3-11H,1-2H3,(H,22,23,25). The molecule has 140 valence electrons. The molecule has 0 saturated heterocycles. The molecule has 5 rings (SSSR count). The molecule has 0 radical (unpaired) electrons. The first-order chi connectivity index (χ1) is 13.6. The predicted octanol–water partition coefficient (Wildman–Crippen LogP) is 6.12. The zero-order chi connectivity index (χ0) is 19.3. The van der Waals surface area contributed by atoms with Crippen LogP contribution >= 0.6 is 22.9 Å². The predicted molar refractivity (Wildman–Crippen MR) is 113 cm³/mol. The number of nitrogens with zero attached hydrogens (tertiary/aromatic N) is 4. The van der Waals surface area contributed by atoms with E-state index < -0.39 is 0 Å². The minimum absolute atomic E-state index is 0.377. The van der Waals surface area contributed by atoms with Crippen LogP contribution in [0.4, 0.5) is 12.0 Å². The Morgan fingerprint density at radius 2 is 1.93 bits per heavy atom. The molecule has 3 aromatic heterocycles. The van der Waals surface area contributed by atoms with E-state index >= 15 is 0 Å². The Morgan fingerprint density at radius 1 is 1.11 bits per heavy atom. The topological polar surface area (TPSA) is 68.2 Å². The van der Waals surface area contributed by atoms with E-state index in [-0.39, 0.29) is 0 Å². The number of aromatic nitrogens is 4. The molecule has 6 nitrogen and oxygen atoms in total. The fourth-order valence-corrected chi connectivity index (χ4v) is 3.96. The number of hydrogen-bond donors (Lipinski definition) is 1. The number of rotatable bonds is 4. The summed E-state index contributed by atoms with van der Waals surface area (Å²) in [6, 6.07) is 14.1. The van der Waals surface area contributed by atoms with Crippen LogP contribution in [-0.4, -0.2) is 19.6 Å². The number of halogens is 1. The second kappa shape index (κ2) is 6.61. The van der Waals surface area contributed by atoms with Crippen LogP contribution in [0, 0.1) is 0 Å². The van der Waals surface area contributed by atoms with Gasteiger partial charge in [0.1, 0.15) is 5.52 Å². The van der Waals surface area contributed by atoms with E-state index in [1.54, 1.807) is 4.52 Å². The van der Waals surface area contributed by atoms with Gasteiger partial charge in [0, 0.05) is 16.0 Å². The Bertz CT molecular complexity index is 1290. The van der Waals surface area contributed by atoms with Crippen molar-refractivity contribution in [2.24, 2.45) is 0 Å². The number of benzene rings is 2. The molecular formula is C20H16ClN5OS. The average molecular weight is 410 g/mol. The van der Waals surface area contributed by atoms with E-state index in [0.29, 0.717) is 22.9 Å². The second-order valence-electron chi connectivity index (χ2n) is 6.78. The number of thiazole rings is 1. The van der Waals surface area contributed by atoms with Gasteiger partial charge in [-0.1, -0.05) is 43.6 Å². The molecule has 0 aliphatic carbocycles. The van der Waals surface area contributed by atoms with Gasteiger partial charge < -0.3 is 4.42 Å². The third-order valence-electron chi connectivity index (χ3n) is 4.52. The molecule has 5 aromatic rings. The van der Waals surface area contributed by atoms with Gasteiger partial charge in [-0.15, -0.1) is 16.4 Å². The number of fused-ring (bicyclic) bond motifs is 2. The lowest BCUT2D eigenvalue weighted by atomic mass is 10.0. The summed E-state index contributed by atoms with van der Waals surface area (Å²) in [5, 5.41) is 10.3. The monoisotopic (exact) mass is 409 g/mol. The van der Waals surface area contributed by atoms with Crippen LogP contribution in [0.5, 0.6) is 0 Å². The quantitative estimate of drug-likeness (QED) is 0.387. The highest BCUT2D eigenvalue weighted by molar-refractivity contribution is 7.15. The largest absolute Gasteiger partial charge is 0.423 e. The Balaban J connectivity index is 1.47. The molecule has 0 amide bonds. The molecule has 0 fully saturated rings. The van der Waals surface area contributed by atoms with Crippen molar-refractivity contribution in [2.75, 3.05) is 5.32 Å². The lowest BCUT2D eigenvalue weighted by molar-refractivity contribution is 0.621. The summed E-state index contributed by atoms with van der Waals surface area (Å²) >= 11 is 7.51. The average Bonchev–Trinajstić information content (AvgIpc) is 3.35. The summed E-state index contributed by atoms with van der Waals surface area (Å²) in [7, 11) is 0. The minimum Gasteiger partial charge on any atom is -0.423 e. The number of hydrogen-bond acceptors (Lipinski definition) is 6. The minimum atomic E-state index is 0.377. The number of anilines is 2. The van der Waals surface area contributed by atoms with E-state index in [9.17, 15) is 0 Å². The normalized spacial score (nSPS) is 11.7. The van der Waals surface area contributed by atoms with Crippen molar-refractivity contribution in [1.29, 1.82) is 0 Å². The van der Waals surface area contributed by atoms with Crippen LogP contribution in [0.2, 0.25) is 5.02 Å². The highest BCUT2D eigenvalue weighted by atomic mass is 35.5. The van der Waals surface area contributed by atoms with Crippen molar-refractivity contribution in [1.82, 2.24) is 19.6 Å². The van der Waals surface area contributed by atoms with Gasteiger partial charge in [-0.3, -0.25) is 5.32 Å². The highest BCUT2D eigenvalue weighted by Gasteiger charge is 2.14. The Morgan fingerprint density at radius 3 is 2.71 bits per heavy atom.